The summed E-state index contributed by atoms with van der Waals surface area (Å²) in [4.78, 5) is 3.92. The van der Waals surface area contributed by atoms with E-state index >= 15 is 0 Å². The van der Waals surface area contributed by atoms with Crippen molar-refractivity contribution in [2.24, 2.45) is 0 Å². The Kier molecular flexibility index (Phi) is 2.81. The molecule has 2 aromatic heterocycles. The van der Waals surface area contributed by atoms with Crippen LogP contribution in [0.2, 0.25) is 0 Å². The molecule has 3 nitrogen and oxygen atoms in total. The maximum atomic E-state index is 5.52. The zero-order valence-electron chi connectivity index (χ0n) is 7.84. The molecule has 0 saturated heterocycles. The highest BCUT2D eigenvalue weighted by Crippen LogP contribution is 2.06. The van der Waals surface area contributed by atoms with Gasteiger partial charge in [-0.15, -0.1) is 0 Å². The van der Waals surface area contributed by atoms with Gasteiger partial charge in [0, 0.05) is 24.8 Å². The van der Waals surface area contributed by atoms with Crippen LogP contribution in [0.15, 0.2) is 49.1 Å². The summed E-state index contributed by atoms with van der Waals surface area (Å²) in [6.45, 7) is 1.55. The quantitative estimate of drug-likeness (QED) is 0.733. The summed E-state index contributed by atoms with van der Waals surface area (Å²) in [7, 11) is 0. The highest BCUT2D eigenvalue weighted by atomic mass is 16.5. The summed E-state index contributed by atoms with van der Waals surface area (Å²) in [5, 5.41) is 0. The Morgan fingerprint density at radius 3 is 2.57 bits per heavy atom. The Hall–Kier alpha value is -1.77. The van der Waals surface area contributed by atoms with Crippen LogP contribution >= 0.6 is 0 Å². The topological polar surface area (TPSA) is 27.1 Å². The van der Waals surface area contributed by atoms with Crippen molar-refractivity contribution < 1.29 is 4.74 Å². The van der Waals surface area contributed by atoms with Crippen LogP contribution in [0, 0.1) is 0 Å². The molecule has 14 heavy (non-hydrogen) atoms. The first-order valence-electron chi connectivity index (χ1n) is 4.59. The monoisotopic (exact) mass is 188 g/mol. The van der Waals surface area contributed by atoms with E-state index in [1.54, 1.807) is 12.4 Å². The molecule has 0 bridgehead atoms. The number of pyridine rings is 1. The molecule has 0 aliphatic rings. The van der Waals surface area contributed by atoms with Gasteiger partial charge < -0.3 is 9.30 Å². The Morgan fingerprint density at radius 2 is 1.86 bits per heavy atom. The van der Waals surface area contributed by atoms with E-state index in [1.165, 1.54) is 0 Å². The second-order valence-electron chi connectivity index (χ2n) is 2.95. The zero-order chi connectivity index (χ0) is 9.64. The first-order valence-corrected chi connectivity index (χ1v) is 4.59. The largest absolute Gasteiger partial charge is 0.492 e. The van der Waals surface area contributed by atoms with E-state index in [1.807, 2.05) is 36.7 Å². The molecule has 2 rings (SSSR count). The van der Waals surface area contributed by atoms with Gasteiger partial charge in [0.1, 0.15) is 12.4 Å². The molecular formula is C11H12N2O. The molecule has 0 aromatic carbocycles. The number of aromatic nitrogens is 2. The third-order valence-corrected chi connectivity index (χ3v) is 1.93. The van der Waals surface area contributed by atoms with Crippen LogP contribution in [0.4, 0.5) is 0 Å². The fourth-order valence-electron chi connectivity index (χ4n) is 1.22. The molecule has 2 aromatic rings. The number of ether oxygens (including phenoxy) is 1. The molecule has 2 heterocycles. The Morgan fingerprint density at radius 1 is 1.14 bits per heavy atom. The summed E-state index contributed by atoms with van der Waals surface area (Å²) >= 11 is 0. The Bertz CT molecular complexity index is 356. The fourth-order valence-corrected chi connectivity index (χ4v) is 1.22. The van der Waals surface area contributed by atoms with E-state index in [9.17, 15) is 0 Å². The van der Waals surface area contributed by atoms with E-state index < -0.39 is 0 Å². The van der Waals surface area contributed by atoms with Gasteiger partial charge in [-0.25, -0.2) is 0 Å². The SMILES string of the molecule is c1ccn(CCOc2ccncc2)c1. The highest BCUT2D eigenvalue weighted by molar-refractivity contribution is 5.16. The van der Waals surface area contributed by atoms with Gasteiger partial charge in [-0.3, -0.25) is 4.98 Å². The molecule has 0 amide bonds. The summed E-state index contributed by atoms with van der Waals surface area (Å²) in [5.74, 6) is 0.868. The van der Waals surface area contributed by atoms with E-state index in [-0.39, 0.29) is 0 Å². The average Bonchev–Trinajstić information content (AvgIpc) is 2.72. The summed E-state index contributed by atoms with van der Waals surface area (Å²) in [6, 6.07) is 7.73. The molecule has 0 fully saturated rings. The molecule has 72 valence electrons. The van der Waals surface area contributed by atoms with E-state index in [2.05, 4.69) is 9.55 Å². The maximum Gasteiger partial charge on any atom is 0.122 e. The maximum absolute atomic E-state index is 5.52. The molecule has 0 aliphatic carbocycles. The minimum atomic E-state index is 0.679. The lowest BCUT2D eigenvalue weighted by molar-refractivity contribution is 0.298. The van der Waals surface area contributed by atoms with Crippen molar-refractivity contribution in [3.63, 3.8) is 0 Å². The molecule has 0 radical (unpaired) electrons. The molecule has 0 spiro atoms. The standard InChI is InChI=1S/C11H12N2O/c1-2-8-13(7-1)9-10-14-11-3-5-12-6-4-11/h1-8H,9-10H2. The van der Waals surface area contributed by atoms with Crippen LogP contribution in [-0.4, -0.2) is 16.2 Å². The second kappa shape index (κ2) is 4.46. The fraction of sp³-hybridized carbons (Fsp3) is 0.182. The normalized spacial score (nSPS) is 10.0. The van der Waals surface area contributed by atoms with Gasteiger partial charge in [0.25, 0.3) is 0 Å². The minimum Gasteiger partial charge on any atom is -0.492 e. The lowest BCUT2D eigenvalue weighted by Crippen LogP contribution is -2.06. The van der Waals surface area contributed by atoms with Gasteiger partial charge >= 0.3 is 0 Å². The van der Waals surface area contributed by atoms with Crippen molar-refractivity contribution in [1.82, 2.24) is 9.55 Å². The van der Waals surface area contributed by atoms with E-state index in [0.29, 0.717) is 6.61 Å². The Balaban J connectivity index is 1.79. The van der Waals surface area contributed by atoms with Gasteiger partial charge in [0.2, 0.25) is 0 Å². The molecular weight excluding hydrogens is 176 g/mol. The van der Waals surface area contributed by atoms with Gasteiger partial charge in [-0.1, -0.05) is 0 Å². The second-order valence-corrected chi connectivity index (χ2v) is 2.95. The predicted octanol–water partition coefficient (Wildman–Crippen LogP) is 1.96. The molecule has 0 atom stereocenters. The van der Waals surface area contributed by atoms with Gasteiger partial charge in [0.05, 0.1) is 6.54 Å². The van der Waals surface area contributed by atoms with Crippen LogP contribution in [0.1, 0.15) is 0 Å². The lowest BCUT2D eigenvalue weighted by Gasteiger charge is -2.05. The van der Waals surface area contributed by atoms with Crippen molar-refractivity contribution in [2.75, 3.05) is 6.61 Å². The smallest absolute Gasteiger partial charge is 0.122 e. The molecule has 0 aliphatic heterocycles. The molecule has 0 N–H and O–H groups in total. The van der Waals surface area contributed by atoms with E-state index in [0.717, 1.165) is 12.3 Å². The number of nitrogens with zero attached hydrogens (tertiary/aromatic N) is 2. The van der Waals surface area contributed by atoms with Crippen LogP contribution in [0.5, 0.6) is 5.75 Å². The van der Waals surface area contributed by atoms with Gasteiger partial charge in [0.15, 0.2) is 0 Å². The van der Waals surface area contributed by atoms with Crippen LogP contribution < -0.4 is 4.74 Å². The van der Waals surface area contributed by atoms with Crippen molar-refractivity contribution >= 4 is 0 Å². The highest BCUT2D eigenvalue weighted by Gasteiger charge is 1.92. The number of hydrogen-bond donors (Lipinski definition) is 0. The van der Waals surface area contributed by atoms with Crippen molar-refractivity contribution in [3.8, 4) is 5.75 Å². The lowest BCUT2D eigenvalue weighted by atomic mass is 10.4. The van der Waals surface area contributed by atoms with E-state index in [4.69, 9.17) is 4.74 Å². The number of rotatable bonds is 4. The molecule has 0 saturated carbocycles. The van der Waals surface area contributed by atoms with Crippen molar-refractivity contribution in [1.29, 1.82) is 0 Å². The van der Waals surface area contributed by atoms with Crippen molar-refractivity contribution in [3.05, 3.63) is 49.1 Å². The van der Waals surface area contributed by atoms with Crippen LogP contribution in [-0.2, 0) is 6.54 Å². The van der Waals surface area contributed by atoms with Crippen LogP contribution in [0.3, 0.4) is 0 Å². The summed E-state index contributed by atoms with van der Waals surface area (Å²) in [6.07, 6.45) is 7.50. The first kappa shape index (κ1) is 8.81. The Labute approximate surface area is 83.0 Å². The van der Waals surface area contributed by atoms with Gasteiger partial charge in [-0.2, -0.15) is 0 Å². The minimum absolute atomic E-state index is 0.679. The first-order chi connectivity index (χ1) is 6.95. The van der Waals surface area contributed by atoms with Crippen molar-refractivity contribution in [2.45, 2.75) is 6.54 Å². The van der Waals surface area contributed by atoms with Crippen LogP contribution in [0.25, 0.3) is 0 Å². The summed E-state index contributed by atoms with van der Waals surface area (Å²) < 4.78 is 7.60. The average molecular weight is 188 g/mol. The van der Waals surface area contributed by atoms with Gasteiger partial charge in [-0.05, 0) is 24.3 Å². The third-order valence-electron chi connectivity index (χ3n) is 1.93. The zero-order valence-corrected chi connectivity index (χ0v) is 7.84. The number of hydrogen-bond acceptors (Lipinski definition) is 2. The molecule has 0 unspecified atom stereocenters. The molecule has 3 heteroatoms. The third kappa shape index (κ3) is 2.36. The predicted molar refractivity (Wildman–Crippen MR) is 54.2 cm³/mol. The summed E-state index contributed by atoms with van der Waals surface area (Å²) in [5.41, 5.74) is 0.